The lowest BCUT2D eigenvalue weighted by Gasteiger charge is -2.20. The van der Waals surface area contributed by atoms with Gasteiger partial charge in [-0.2, -0.15) is 15.1 Å². The Morgan fingerprint density at radius 2 is 1.86 bits per heavy atom. The highest BCUT2D eigenvalue weighted by Crippen LogP contribution is 2.38. The molecule has 0 aliphatic carbocycles. The Balaban J connectivity index is 1.50. The predicted molar refractivity (Wildman–Crippen MR) is 145 cm³/mol. The van der Waals surface area contributed by atoms with Crippen molar-refractivity contribution < 1.29 is 19.0 Å². The van der Waals surface area contributed by atoms with E-state index in [1.165, 1.54) is 22.3 Å². The number of hydrogen-bond acceptors (Lipinski definition) is 7. The van der Waals surface area contributed by atoms with Crippen LogP contribution in [0.4, 0.5) is 0 Å². The summed E-state index contributed by atoms with van der Waals surface area (Å²) in [6, 6.07) is 9.32. The first-order valence-electron chi connectivity index (χ1n) is 11.6. The van der Waals surface area contributed by atoms with E-state index in [2.05, 4.69) is 17.0 Å². The van der Waals surface area contributed by atoms with Gasteiger partial charge in [0.2, 0.25) is 5.17 Å². The van der Waals surface area contributed by atoms with Gasteiger partial charge in [0.05, 0.1) is 17.2 Å². The lowest BCUT2D eigenvalue weighted by Crippen LogP contribution is -2.35. The van der Waals surface area contributed by atoms with Crippen LogP contribution in [0.5, 0.6) is 17.2 Å². The molecule has 4 rings (SSSR count). The molecule has 0 aromatic heterocycles. The summed E-state index contributed by atoms with van der Waals surface area (Å²) >= 11 is 7.85. The normalized spacial score (nSPS) is 16.1. The highest BCUT2D eigenvalue weighted by Gasteiger charge is 2.35. The molecule has 2 aromatic rings. The fourth-order valence-corrected chi connectivity index (χ4v) is 4.62. The van der Waals surface area contributed by atoms with Crippen LogP contribution in [0.1, 0.15) is 37.0 Å². The van der Waals surface area contributed by atoms with Crippen LogP contribution in [0.3, 0.4) is 0 Å². The van der Waals surface area contributed by atoms with Crippen LogP contribution < -0.4 is 14.2 Å². The van der Waals surface area contributed by atoms with Crippen molar-refractivity contribution in [1.82, 2.24) is 5.01 Å². The molecule has 0 fully saturated rings. The summed E-state index contributed by atoms with van der Waals surface area (Å²) in [5.74, 6) is 1.08. The Labute approximate surface area is 219 Å². The third kappa shape index (κ3) is 5.57. The number of ether oxygens (including phenoxy) is 3. The van der Waals surface area contributed by atoms with Gasteiger partial charge >= 0.3 is 0 Å². The van der Waals surface area contributed by atoms with Gasteiger partial charge in [0, 0.05) is 0 Å². The van der Waals surface area contributed by atoms with Gasteiger partial charge in [-0.25, -0.2) is 0 Å². The molecule has 1 amide bonds. The molecule has 1 N–H and O–H groups in total. The number of carbonyl (C=O) groups excluding carboxylic acids is 1. The molecule has 2 aromatic carbocycles. The largest absolute Gasteiger partial charge is 0.490 e. The third-order valence-corrected chi connectivity index (χ3v) is 6.85. The summed E-state index contributed by atoms with van der Waals surface area (Å²) in [5.41, 5.74) is 3.07. The molecule has 0 spiro atoms. The van der Waals surface area contributed by atoms with E-state index < -0.39 is 5.91 Å². The molecule has 2 heterocycles. The quantitative estimate of drug-likeness (QED) is 0.325. The third-order valence-electron chi connectivity index (χ3n) is 5.52. The monoisotopic (exact) mass is 526 g/mol. The number of hydrazone groups is 1. The molecule has 0 atom stereocenters. The number of rotatable bonds is 9. The second-order valence-electron chi connectivity index (χ2n) is 8.07. The van der Waals surface area contributed by atoms with E-state index in [9.17, 15) is 4.79 Å². The van der Waals surface area contributed by atoms with Crippen LogP contribution in [0.25, 0.3) is 6.08 Å². The molecule has 188 valence electrons. The zero-order valence-electron chi connectivity index (χ0n) is 20.6. The summed E-state index contributed by atoms with van der Waals surface area (Å²) in [6.07, 6.45) is 2.27. The topological polar surface area (TPSA) is 96.6 Å². The minimum absolute atomic E-state index is 0.0288. The van der Waals surface area contributed by atoms with Gasteiger partial charge in [0.15, 0.2) is 17.3 Å². The fraction of sp³-hybridized carbons (Fsp3) is 0.308. The van der Waals surface area contributed by atoms with E-state index in [-0.39, 0.29) is 18.0 Å². The van der Waals surface area contributed by atoms with Gasteiger partial charge in [0.25, 0.3) is 5.91 Å². The average molecular weight is 527 g/mol. The Hall–Kier alpha value is -3.30. The molecule has 36 heavy (non-hydrogen) atoms. The summed E-state index contributed by atoms with van der Waals surface area (Å²) in [7, 11) is 0. The molecule has 0 unspecified atom stereocenters. The van der Waals surface area contributed by atoms with E-state index in [4.69, 9.17) is 31.2 Å². The van der Waals surface area contributed by atoms with Crippen LogP contribution in [0, 0.1) is 19.3 Å². The number of halogens is 1. The smallest absolute Gasteiger partial charge is 0.283 e. The lowest BCUT2D eigenvalue weighted by molar-refractivity contribution is -0.114. The van der Waals surface area contributed by atoms with Crippen LogP contribution >= 0.6 is 23.4 Å². The Morgan fingerprint density at radius 1 is 1.08 bits per heavy atom. The zero-order valence-corrected chi connectivity index (χ0v) is 22.1. The Bertz CT molecular complexity index is 1310. The van der Waals surface area contributed by atoms with Crippen molar-refractivity contribution >= 4 is 51.4 Å². The summed E-state index contributed by atoms with van der Waals surface area (Å²) in [6.45, 7) is 8.90. The number of aliphatic imine (C=N–C) groups is 1. The van der Waals surface area contributed by atoms with Gasteiger partial charge in [-0.05, 0) is 86.0 Å². The van der Waals surface area contributed by atoms with Crippen LogP contribution in [0.15, 0.2) is 46.0 Å². The first-order valence-corrected chi connectivity index (χ1v) is 12.8. The molecule has 0 radical (unpaired) electrons. The van der Waals surface area contributed by atoms with E-state index >= 15 is 0 Å². The van der Waals surface area contributed by atoms with E-state index in [0.717, 1.165) is 16.4 Å². The highest BCUT2D eigenvalue weighted by molar-refractivity contribution is 8.26. The van der Waals surface area contributed by atoms with Gasteiger partial charge in [-0.3, -0.25) is 10.2 Å². The SMILES string of the molecule is CCOc1cc(/C=C2\C(=N)N3N=C(CC)SC3=NC2=O)cc(Cl)c1OCCOc1ccc(C)c(C)c1. The predicted octanol–water partition coefficient (Wildman–Crippen LogP) is 5.84. The maximum absolute atomic E-state index is 12.6. The first-order chi connectivity index (χ1) is 17.3. The molecular weight excluding hydrogens is 500 g/mol. The molecule has 8 nitrogen and oxygen atoms in total. The van der Waals surface area contributed by atoms with E-state index in [0.29, 0.717) is 46.9 Å². The number of nitrogens with zero attached hydrogens (tertiary/aromatic N) is 3. The second-order valence-corrected chi connectivity index (χ2v) is 9.52. The lowest BCUT2D eigenvalue weighted by atomic mass is 10.1. The highest BCUT2D eigenvalue weighted by atomic mass is 35.5. The van der Waals surface area contributed by atoms with Gasteiger partial charge in [-0.15, -0.1) is 0 Å². The molecule has 2 aliphatic heterocycles. The summed E-state index contributed by atoms with van der Waals surface area (Å²) < 4.78 is 17.5. The van der Waals surface area contributed by atoms with Crippen LogP contribution in [-0.2, 0) is 4.79 Å². The van der Waals surface area contributed by atoms with Crippen LogP contribution in [-0.4, -0.2) is 46.8 Å². The first kappa shape index (κ1) is 25.8. The number of aryl methyl sites for hydroxylation is 2. The zero-order chi connectivity index (χ0) is 25.8. The number of hydrogen-bond donors (Lipinski definition) is 1. The van der Waals surface area contributed by atoms with Crippen LogP contribution in [0.2, 0.25) is 5.02 Å². The number of thioether (sulfide) groups is 1. The van der Waals surface area contributed by atoms with Gasteiger partial charge < -0.3 is 14.2 Å². The van der Waals surface area contributed by atoms with Gasteiger partial charge in [0.1, 0.15) is 24.0 Å². The van der Waals surface area contributed by atoms with Crippen molar-refractivity contribution in [3.05, 3.63) is 57.6 Å². The molecule has 10 heteroatoms. The van der Waals surface area contributed by atoms with Crippen molar-refractivity contribution in [1.29, 1.82) is 5.41 Å². The molecule has 2 aliphatic rings. The van der Waals surface area contributed by atoms with Crippen molar-refractivity contribution in [2.75, 3.05) is 19.8 Å². The minimum atomic E-state index is -0.496. The molecule has 0 saturated carbocycles. The average Bonchev–Trinajstić information content (AvgIpc) is 3.26. The Morgan fingerprint density at radius 3 is 2.58 bits per heavy atom. The van der Waals surface area contributed by atoms with Crippen molar-refractivity contribution in [2.45, 2.75) is 34.1 Å². The number of amides is 1. The second kappa shape index (κ2) is 11.2. The number of nitrogens with one attached hydrogen (secondary N) is 1. The summed E-state index contributed by atoms with van der Waals surface area (Å²) in [5, 5.41) is 15.8. The fourth-order valence-electron chi connectivity index (χ4n) is 3.52. The maximum Gasteiger partial charge on any atom is 0.283 e. The number of benzene rings is 2. The van der Waals surface area contributed by atoms with Crippen molar-refractivity contribution in [3.63, 3.8) is 0 Å². The molecular formula is C26H27ClN4O4S. The standard InChI is InChI=1S/C26H27ClN4O4S/c1-5-22-30-31-24(28)19(25(32)29-26(31)36-22)12-17-13-20(27)23(21(14-17)33-6-2)35-10-9-34-18-8-7-15(3)16(4)11-18/h7-8,11-14,28H,5-6,9-10H2,1-4H3/b19-12+,28-24?. The summed E-state index contributed by atoms with van der Waals surface area (Å²) in [4.78, 5) is 16.7. The molecule has 0 bridgehead atoms. The number of amidine groups is 2. The van der Waals surface area contributed by atoms with E-state index in [1.807, 2.05) is 39.0 Å². The number of carbonyl (C=O) groups is 1. The van der Waals surface area contributed by atoms with Gasteiger partial charge in [-0.1, -0.05) is 24.6 Å². The maximum atomic E-state index is 12.6. The molecule has 0 saturated heterocycles. The van der Waals surface area contributed by atoms with Crippen molar-refractivity contribution in [3.8, 4) is 17.2 Å². The van der Waals surface area contributed by atoms with E-state index in [1.54, 1.807) is 18.2 Å². The number of fused-ring (bicyclic) bond motifs is 1. The Kier molecular flexibility index (Phi) is 8.01. The van der Waals surface area contributed by atoms with Crippen molar-refractivity contribution in [2.24, 2.45) is 10.1 Å². The minimum Gasteiger partial charge on any atom is -0.490 e.